The van der Waals surface area contributed by atoms with Gasteiger partial charge in [-0.15, -0.1) is 11.8 Å². The van der Waals surface area contributed by atoms with Crippen LogP contribution in [0.4, 0.5) is 0 Å². The SMILES string of the molecule is COC(=O)c1ccc(CNC(=O)c2ccccc2SCC2CCCO2)cc1. The van der Waals surface area contributed by atoms with Crippen LogP contribution in [0.15, 0.2) is 53.4 Å². The molecule has 1 amide bonds. The Labute approximate surface area is 163 Å². The Morgan fingerprint density at radius 2 is 1.96 bits per heavy atom. The lowest BCUT2D eigenvalue weighted by atomic mass is 10.1. The van der Waals surface area contributed by atoms with Gasteiger partial charge in [-0.3, -0.25) is 4.79 Å². The molecule has 0 spiro atoms. The number of methoxy groups -OCH3 is 1. The van der Waals surface area contributed by atoms with Crippen LogP contribution in [0.5, 0.6) is 0 Å². The van der Waals surface area contributed by atoms with Gasteiger partial charge in [-0.25, -0.2) is 4.79 Å². The molecule has 1 unspecified atom stereocenters. The van der Waals surface area contributed by atoms with E-state index in [4.69, 9.17) is 4.74 Å². The Bertz CT molecular complexity index is 785. The lowest BCUT2D eigenvalue weighted by molar-refractivity contribution is 0.0600. The van der Waals surface area contributed by atoms with Crippen LogP contribution in [0.2, 0.25) is 0 Å². The van der Waals surface area contributed by atoms with E-state index in [1.165, 1.54) is 7.11 Å². The number of thioether (sulfide) groups is 1. The molecule has 142 valence electrons. The molecule has 3 rings (SSSR count). The van der Waals surface area contributed by atoms with Gasteiger partial charge in [-0.1, -0.05) is 24.3 Å². The van der Waals surface area contributed by atoms with Gasteiger partial charge in [0.2, 0.25) is 0 Å². The second kappa shape index (κ2) is 9.58. The number of esters is 1. The fraction of sp³-hybridized carbons (Fsp3) is 0.333. The molecule has 0 radical (unpaired) electrons. The quantitative estimate of drug-likeness (QED) is 0.582. The third-order valence-electron chi connectivity index (χ3n) is 4.41. The monoisotopic (exact) mass is 385 g/mol. The highest BCUT2D eigenvalue weighted by Gasteiger charge is 2.18. The molecule has 1 saturated heterocycles. The zero-order valence-corrected chi connectivity index (χ0v) is 16.1. The Morgan fingerprint density at radius 1 is 1.19 bits per heavy atom. The molecule has 5 nitrogen and oxygen atoms in total. The molecule has 0 bridgehead atoms. The molecule has 6 heteroatoms. The van der Waals surface area contributed by atoms with Gasteiger partial charge in [0, 0.05) is 23.8 Å². The van der Waals surface area contributed by atoms with Gasteiger partial charge < -0.3 is 14.8 Å². The highest BCUT2D eigenvalue weighted by molar-refractivity contribution is 7.99. The van der Waals surface area contributed by atoms with E-state index in [1.807, 2.05) is 36.4 Å². The van der Waals surface area contributed by atoms with Crippen molar-refractivity contribution >= 4 is 23.6 Å². The van der Waals surface area contributed by atoms with Crippen molar-refractivity contribution in [2.45, 2.75) is 30.4 Å². The zero-order valence-electron chi connectivity index (χ0n) is 15.3. The minimum atomic E-state index is -0.372. The van der Waals surface area contributed by atoms with E-state index in [-0.39, 0.29) is 18.0 Å². The summed E-state index contributed by atoms with van der Waals surface area (Å²) in [6.45, 7) is 1.23. The van der Waals surface area contributed by atoms with Gasteiger partial charge in [0.05, 0.1) is 24.3 Å². The summed E-state index contributed by atoms with van der Waals surface area (Å²) < 4.78 is 10.3. The number of amides is 1. The number of ether oxygens (including phenoxy) is 2. The van der Waals surface area contributed by atoms with Gasteiger partial charge in [0.25, 0.3) is 5.91 Å². The van der Waals surface area contributed by atoms with Crippen LogP contribution >= 0.6 is 11.8 Å². The third kappa shape index (κ3) is 5.34. The lowest BCUT2D eigenvalue weighted by Gasteiger charge is -2.12. The second-order valence-electron chi connectivity index (χ2n) is 6.31. The van der Waals surface area contributed by atoms with Crippen molar-refractivity contribution in [3.63, 3.8) is 0 Å². The molecule has 27 heavy (non-hydrogen) atoms. The summed E-state index contributed by atoms with van der Waals surface area (Å²) in [5.41, 5.74) is 2.08. The van der Waals surface area contributed by atoms with Gasteiger partial charge in [0.1, 0.15) is 0 Å². The summed E-state index contributed by atoms with van der Waals surface area (Å²) in [5.74, 6) is 0.379. The minimum absolute atomic E-state index is 0.109. The van der Waals surface area contributed by atoms with Gasteiger partial charge in [-0.2, -0.15) is 0 Å². The van der Waals surface area contributed by atoms with Crippen molar-refractivity contribution in [2.75, 3.05) is 19.5 Å². The van der Waals surface area contributed by atoms with Crippen molar-refractivity contribution < 1.29 is 19.1 Å². The molecule has 1 fully saturated rings. The lowest BCUT2D eigenvalue weighted by Crippen LogP contribution is -2.23. The predicted molar refractivity (Wildman–Crippen MR) is 105 cm³/mol. The summed E-state index contributed by atoms with van der Waals surface area (Å²) in [4.78, 5) is 25.1. The molecule has 0 saturated carbocycles. The number of hydrogen-bond acceptors (Lipinski definition) is 5. The summed E-state index contributed by atoms with van der Waals surface area (Å²) >= 11 is 1.66. The summed E-state index contributed by atoms with van der Waals surface area (Å²) in [6.07, 6.45) is 2.48. The van der Waals surface area contributed by atoms with Crippen molar-refractivity contribution in [3.8, 4) is 0 Å². The fourth-order valence-corrected chi connectivity index (χ4v) is 4.01. The Morgan fingerprint density at radius 3 is 2.67 bits per heavy atom. The molecule has 1 aliphatic rings. The van der Waals surface area contributed by atoms with Gasteiger partial charge in [0.15, 0.2) is 0 Å². The number of carbonyl (C=O) groups excluding carboxylic acids is 2. The first kappa shape index (κ1) is 19.5. The molecule has 1 aliphatic heterocycles. The molecular weight excluding hydrogens is 362 g/mol. The molecule has 1 N–H and O–H groups in total. The van der Waals surface area contributed by atoms with Crippen LogP contribution in [0.25, 0.3) is 0 Å². The number of nitrogens with one attached hydrogen (secondary N) is 1. The van der Waals surface area contributed by atoms with E-state index in [9.17, 15) is 9.59 Å². The average molecular weight is 385 g/mol. The van der Waals surface area contributed by atoms with Crippen molar-refractivity contribution in [1.29, 1.82) is 0 Å². The highest BCUT2D eigenvalue weighted by Crippen LogP contribution is 2.26. The first-order chi connectivity index (χ1) is 13.2. The topological polar surface area (TPSA) is 64.6 Å². The summed E-state index contributed by atoms with van der Waals surface area (Å²) in [5, 5.41) is 2.95. The van der Waals surface area contributed by atoms with Gasteiger partial charge >= 0.3 is 5.97 Å². The van der Waals surface area contributed by atoms with E-state index in [0.717, 1.165) is 35.7 Å². The first-order valence-corrected chi connectivity index (χ1v) is 9.95. The van der Waals surface area contributed by atoms with Crippen LogP contribution in [0, 0.1) is 0 Å². The molecule has 0 aliphatic carbocycles. The van der Waals surface area contributed by atoms with Crippen LogP contribution in [0.1, 0.15) is 39.1 Å². The van der Waals surface area contributed by atoms with E-state index < -0.39 is 0 Å². The Hall–Kier alpha value is -2.31. The van der Waals surface area contributed by atoms with E-state index >= 15 is 0 Å². The number of benzene rings is 2. The summed E-state index contributed by atoms with van der Waals surface area (Å²) in [6, 6.07) is 14.6. The maximum absolute atomic E-state index is 12.6. The molecule has 2 aromatic rings. The standard InChI is InChI=1S/C21H23NO4S/c1-25-21(24)16-10-8-15(9-11-16)13-22-20(23)18-6-2-3-7-19(18)27-14-17-5-4-12-26-17/h2-3,6-11,17H,4-5,12-14H2,1H3,(H,22,23). The van der Waals surface area contributed by atoms with Crippen LogP contribution in [0.3, 0.4) is 0 Å². The highest BCUT2D eigenvalue weighted by atomic mass is 32.2. The predicted octanol–water partition coefficient (Wildman–Crippen LogP) is 3.67. The minimum Gasteiger partial charge on any atom is -0.465 e. The number of rotatable bonds is 7. The summed E-state index contributed by atoms with van der Waals surface area (Å²) in [7, 11) is 1.35. The average Bonchev–Trinajstić information content (AvgIpc) is 3.24. The smallest absolute Gasteiger partial charge is 0.337 e. The molecule has 1 heterocycles. The molecule has 0 aromatic heterocycles. The van der Waals surface area contributed by atoms with Crippen LogP contribution in [-0.4, -0.2) is 37.4 Å². The second-order valence-corrected chi connectivity index (χ2v) is 7.38. The first-order valence-electron chi connectivity index (χ1n) is 8.96. The maximum Gasteiger partial charge on any atom is 0.337 e. The Kier molecular flexibility index (Phi) is 6.90. The van der Waals surface area contributed by atoms with Crippen molar-refractivity contribution in [3.05, 3.63) is 65.2 Å². The third-order valence-corrected chi connectivity index (χ3v) is 5.61. The Balaban J connectivity index is 1.58. The largest absolute Gasteiger partial charge is 0.465 e. The van der Waals surface area contributed by atoms with E-state index in [1.54, 1.807) is 23.9 Å². The molecule has 1 atom stereocenters. The zero-order chi connectivity index (χ0) is 19.1. The van der Waals surface area contributed by atoms with Crippen LogP contribution < -0.4 is 5.32 Å². The van der Waals surface area contributed by atoms with Gasteiger partial charge in [-0.05, 0) is 42.7 Å². The number of hydrogen-bond donors (Lipinski definition) is 1. The molecule has 2 aromatic carbocycles. The van der Waals surface area contributed by atoms with Crippen molar-refractivity contribution in [1.82, 2.24) is 5.32 Å². The fourth-order valence-electron chi connectivity index (χ4n) is 2.89. The van der Waals surface area contributed by atoms with Crippen LogP contribution in [-0.2, 0) is 16.0 Å². The van der Waals surface area contributed by atoms with E-state index in [2.05, 4.69) is 10.1 Å². The van der Waals surface area contributed by atoms with E-state index in [0.29, 0.717) is 17.7 Å². The normalized spacial score (nSPS) is 16.1. The number of carbonyl (C=O) groups is 2. The van der Waals surface area contributed by atoms with Crippen molar-refractivity contribution in [2.24, 2.45) is 0 Å². The molecular formula is C21H23NO4S. The maximum atomic E-state index is 12.6.